The van der Waals surface area contributed by atoms with Crippen LogP contribution in [0.15, 0.2) is 54.6 Å². The van der Waals surface area contributed by atoms with Crippen molar-refractivity contribution in [3.63, 3.8) is 0 Å². The molecule has 0 bridgehead atoms. The van der Waals surface area contributed by atoms with E-state index in [1.807, 2.05) is 48.0 Å². The highest BCUT2D eigenvalue weighted by molar-refractivity contribution is 7.20. The number of benzene rings is 2. The lowest BCUT2D eigenvalue weighted by Gasteiger charge is -2.07. The van der Waals surface area contributed by atoms with Gasteiger partial charge in [-0.25, -0.2) is 0 Å². The van der Waals surface area contributed by atoms with E-state index >= 15 is 0 Å². The zero-order valence-electron chi connectivity index (χ0n) is 15.9. The van der Waals surface area contributed by atoms with E-state index in [1.165, 1.54) is 23.5 Å². The van der Waals surface area contributed by atoms with Gasteiger partial charge in [-0.1, -0.05) is 30.3 Å². The number of nitrogens with zero attached hydrogens (tertiary/aromatic N) is 3. The predicted molar refractivity (Wildman–Crippen MR) is 114 cm³/mol. The molecule has 8 heteroatoms. The van der Waals surface area contributed by atoms with E-state index in [0.717, 1.165) is 21.5 Å². The van der Waals surface area contributed by atoms with Crippen molar-refractivity contribution < 1.29 is 9.72 Å². The summed E-state index contributed by atoms with van der Waals surface area (Å²) in [5.74, 6) is -0.242. The van der Waals surface area contributed by atoms with Gasteiger partial charge in [-0.15, -0.1) is 11.3 Å². The molecule has 1 N–H and O–H groups in total. The number of aromatic nitrogens is 2. The fourth-order valence-corrected chi connectivity index (χ4v) is 4.23. The summed E-state index contributed by atoms with van der Waals surface area (Å²) in [5, 5.41) is 19.3. The molecule has 7 nitrogen and oxygen atoms in total. The van der Waals surface area contributed by atoms with Gasteiger partial charge in [-0.2, -0.15) is 5.10 Å². The molecule has 1 amide bonds. The lowest BCUT2D eigenvalue weighted by molar-refractivity contribution is -0.384. The molecule has 2 aromatic heterocycles. The molecule has 0 saturated heterocycles. The van der Waals surface area contributed by atoms with Crippen molar-refractivity contribution >= 4 is 38.8 Å². The second-order valence-electron chi connectivity index (χ2n) is 6.77. The number of thiophene rings is 1. The third kappa shape index (κ3) is 3.74. The Morgan fingerprint density at radius 1 is 1.17 bits per heavy atom. The number of nitrogens with one attached hydrogen (secondary N) is 1. The number of nitro groups is 1. The van der Waals surface area contributed by atoms with Gasteiger partial charge in [0, 0.05) is 23.2 Å². The van der Waals surface area contributed by atoms with Crippen molar-refractivity contribution in [1.82, 2.24) is 9.78 Å². The molecule has 4 rings (SSSR count). The van der Waals surface area contributed by atoms with Crippen LogP contribution in [0.2, 0.25) is 0 Å². The zero-order chi connectivity index (χ0) is 20.5. The number of aryl methyl sites for hydroxylation is 2. The van der Waals surface area contributed by atoms with Gasteiger partial charge in [0.15, 0.2) is 0 Å². The van der Waals surface area contributed by atoms with Crippen LogP contribution in [0.3, 0.4) is 0 Å². The summed E-state index contributed by atoms with van der Waals surface area (Å²) in [5.41, 5.74) is 3.20. The van der Waals surface area contributed by atoms with Crippen molar-refractivity contribution in [3.8, 4) is 0 Å². The molecule has 29 heavy (non-hydrogen) atoms. The largest absolute Gasteiger partial charge is 0.321 e. The smallest absolute Gasteiger partial charge is 0.269 e. The predicted octanol–water partition coefficient (Wildman–Crippen LogP) is 4.92. The van der Waals surface area contributed by atoms with E-state index < -0.39 is 4.92 Å². The van der Waals surface area contributed by atoms with Crippen LogP contribution in [-0.4, -0.2) is 20.6 Å². The highest BCUT2D eigenvalue weighted by atomic mass is 32.1. The van der Waals surface area contributed by atoms with Gasteiger partial charge in [0.05, 0.1) is 22.0 Å². The van der Waals surface area contributed by atoms with Crippen molar-refractivity contribution in [2.24, 2.45) is 0 Å². The third-order valence-electron chi connectivity index (χ3n) is 4.68. The van der Waals surface area contributed by atoms with E-state index in [9.17, 15) is 14.9 Å². The Bertz CT molecular complexity index is 1230. The molecule has 0 aliphatic rings. The fourth-order valence-electron chi connectivity index (χ4n) is 3.17. The van der Waals surface area contributed by atoms with E-state index in [4.69, 9.17) is 0 Å². The molecule has 0 radical (unpaired) electrons. The molecule has 2 aromatic carbocycles. The number of carbonyl (C=O) groups excluding carboxylic acids is 1. The Balaban J connectivity index is 1.60. The Morgan fingerprint density at radius 3 is 2.62 bits per heavy atom. The van der Waals surface area contributed by atoms with Crippen LogP contribution in [0.1, 0.15) is 26.5 Å². The number of carbonyl (C=O) groups is 1. The zero-order valence-corrected chi connectivity index (χ0v) is 16.7. The molecule has 146 valence electrons. The first-order valence-electron chi connectivity index (χ1n) is 8.99. The normalized spacial score (nSPS) is 11.0. The molecule has 0 unspecified atom stereocenters. The Kier molecular flexibility index (Phi) is 4.85. The first-order chi connectivity index (χ1) is 13.9. The van der Waals surface area contributed by atoms with Crippen LogP contribution < -0.4 is 5.32 Å². The van der Waals surface area contributed by atoms with E-state index in [-0.39, 0.29) is 11.6 Å². The van der Waals surface area contributed by atoms with Gasteiger partial charge in [-0.3, -0.25) is 19.6 Å². The van der Waals surface area contributed by atoms with E-state index in [0.29, 0.717) is 22.7 Å². The molecule has 0 aliphatic carbocycles. The third-order valence-corrected chi connectivity index (χ3v) is 5.82. The quantitative estimate of drug-likeness (QED) is 0.376. The minimum absolute atomic E-state index is 0.000936. The summed E-state index contributed by atoms with van der Waals surface area (Å²) in [6.07, 6.45) is 0. The fraction of sp³-hybridized carbons (Fsp3) is 0.143. The molecule has 0 fully saturated rings. The number of fused-ring (bicyclic) bond motifs is 1. The summed E-state index contributed by atoms with van der Waals surface area (Å²) in [4.78, 5) is 24.7. The standard InChI is InChI=1S/C21H18N4O3S/c1-13-10-16(25(27)28)8-9-18(13)22-20(26)19-11-17-14(2)23-24(21(17)29-19)12-15-6-4-3-5-7-15/h3-11H,12H2,1-2H3,(H,22,26). The van der Waals surface area contributed by atoms with Crippen molar-refractivity contribution in [2.45, 2.75) is 20.4 Å². The van der Waals surface area contributed by atoms with E-state index in [1.54, 1.807) is 13.0 Å². The van der Waals surface area contributed by atoms with Gasteiger partial charge < -0.3 is 5.32 Å². The average molecular weight is 406 g/mol. The van der Waals surface area contributed by atoms with Crippen LogP contribution in [0.5, 0.6) is 0 Å². The Hall–Kier alpha value is -3.52. The van der Waals surface area contributed by atoms with Crippen LogP contribution in [0.25, 0.3) is 10.2 Å². The molecule has 0 saturated carbocycles. The second kappa shape index (κ2) is 7.48. The molecular formula is C21H18N4O3S. The number of anilines is 1. The molecule has 0 aliphatic heterocycles. The lowest BCUT2D eigenvalue weighted by Crippen LogP contribution is -2.11. The van der Waals surface area contributed by atoms with Crippen molar-refractivity contribution in [1.29, 1.82) is 0 Å². The SMILES string of the molecule is Cc1cc([N+](=O)[O-])ccc1NC(=O)c1cc2c(C)nn(Cc3ccccc3)c2s1. The maximum Gasteiger partial charge on any atom is 0.269 e. The van der Waals surface area contributed by atoms with Gasteiger partial charge in [0.2, 0.25) is 0 Å². The molecule has 0 spiro atoms. The maximum atomic E-state index is 12.8. The Morgan fingerprint density at radius 2 is 1.93 bits per heavy atom. The topological polar surface area (TPSA) is 90.1 Å². The number of non-ortho nitro benzene ring substituents is 1. The minimum Gasteiger partial charge on any atom is -0.321 e. The number of amides is 1. The lowest BCUT2D eigenvalue weighted by atomic mass is 10.1. The van der Waals surface area contributed by atoms with Gasteiger partial charge in [0.25, 0.3) is 11.6 Å². The number of hydrogen-bond donors (Lipinski definition) is 1. The van der Waals surface area contributed by atoms with Gasteiger partial charge >= 0.3 is 0 Å². The highest BCUT2D eigenvalue weighted by Gasteiger charge is 2.18. The van der Waals surface area contributed by atoms with Crippen LogP contribution in [0, 0.1) is 24.0 Å². The van der Waals surface area contributed by atoms with Crippen LogP contribution >= 0.6 is 11.3 Å². The van der Waals surface area contributed by atoms with Gasteiger partial charge in [0.1, 0.15) is 4.83 Å². The maximum absolute atomic E-state index is 12.8. The van der Waals surface area contributed by atoms with Gasteiger partial charge in [-0.05, 0) is 37.1 Å². The molecule has 2 heterocycles. The first-order valence-corrected chi connectivity index (χ1v) is 9.81. The second-order valence-corrected chi connectivity index (χ2v) is 7.80. The number of hydrogen-bond acceptors (Lipinski definition) is 5. The molecule has 0 atom stereocenters. The Labute approximate surface area is 170 Å². The first kappa shape index (κ1) is 18.8. The summed E-state index contributed by atoms with van der Waals surface area (Å²) in [7, 11) is 0. The average Bonchev–Trinajstić information content (AvgIpc) is 3.26. The monoisotopic (exact) mass is 406 g/mol. The summed E-state index contributed by atoms with van der Waals surface area (Å²) >= 11 is 1.39. The molecule has 4 aromatic rings. The summed E-state index contributed by atoms with van der Waals surface area (Å²) in [6, 6.07) is 16.3. The van der Waals surface area contributed by atoms with Crippen LogP contribution in [0.4, 0.5) is 11.4 Å². The van der Waals surface area contributed by atoms with Crippen molar-refractivity contribution in [3.05, 3.63) is 86.4 Å². The summed E-state index contributed by atoms with van der Waals surface area (Å²) in [6.45, 7) is 4.29. The summed E-state index contributed by atoms with van der Waals surface area (Å²) < 4.78 is 1.92. The highest BCUT2D eigenvalue weighted by Crippen LogP contribution is 2.30. The number of nitro benzene ring substituents is 1. The van der Waals surface area contributed by atoms with Crippen LogP contribution in [-0.2, 0) is 6.54 Å². The number of rotatable bonds is 5. The van der Waals surface area contributed by atoms with Crippen molar-refractivity contribution in [2.75, 3.05) is 5.32 Å². The minimum atomic E-state index is -0.453. The molecular weight excluding hydrogens is 388 g/mol. The van der Waals surface area contributed by atoms with E-state index in [2.05, 4.69) is 10.4 Å².